The van der Waals surface area contributed by atoms with Gasteiger partial charge in [-0.15, -0.1) is 0 Å². The van der Waals surface area contributed by atoms with Crippen molar-refractivity contribution in [3.63, 3.8) is 0 Å². The Kier molecular flexibility index (Phi) is 6.94. The first kappa shape index (κ1) is 24.2. The predicted molar refractivity (Wildman–Crippen MR) is 126 cm³/mol. The summed E-state index contributed by atoms with van der Waals surface area (Å²) in [5, 5.41) is 11.2. The van der Waals surface area contributed by atoms with E-state index in [-0.39, 0.29) is 23.4 Å². The van der Waals surface area contributed by atoms with Gasteiger partial charge in [0.05, 0.1) is 15.4 Å². The number of nitrogens with zero attached hydrogens (tertiary/aromatic N) is 2. The molecule has 1 amide bonds. The van der Waals surface area contributed by atoms with Crippen molar-refractivity contribution in [1.82, 2.24) is 4.90 Å². The van der Waals surface area contributed by atoms with Crippen LogP contribution in [0.2, 0.25) is 0 Å². The minimum absolute atomic E-state index is 0.109. The molecule has 0 bridgehead atoms. The fraction of sp³-hybridized carbons (Fsp3) is 0.304. The molecule has 0 unspecified atom stereocenters. The molecule has 4 rings (SSSR count). The molecule has 0 N–H and O–H groups in total. The highest BCUT2D eigenvalue weighted by atomic mass is 32.2. The first-order valence-electron chi connectivity index (χ1n) is 10.5. The van der Waals surface area contributed by atoms with E-state index in [0.29, 0.717) is 20.9 Å². The maximum absolute atomic E-state index is 12.9. The molecule has 0 radical (unpaired) electrons. The quantitative estimate of drug-likeness (QED) is 0.189. The number of hydrogen-bond acceptors (Lipinski definition) is 6. The molecule has 1 saturated heterocycles. The number of benzene rings is 2. The molecule has 1 aliphatic heterocycles. The molecule has 2 fully saturated rings. The molecule has 178 valence electrons. The van der Waals surface area contributed by atoms with Gasteiger partial charge >= 0.3 is 11.9 Å². The van der Waals surface area contributed by atoms with E-state index in [9.17, 15) is 28.1 Å². The molecule has 0 atom stereocenters. The SMILES string of the molecule is O=C1/C(=C\c2ccc(Oc3ccc(C(F)(F)F)cc3[N+](=O)[O-])cc2)SC(=S)N1C1CCCCC1. The average molecular weight is 509 g/mol. The summed E-state index contributed by atoms with van der Waals surface area (Å²) in [4.78, 5) is 25.5. The molecule has 1 aliphatic carbocycles. The van der Waals surface area contributed by atoms with Crippen LogP contribution in [0.4, 0.5) is 18.9 Å². The summed E-state index contributed by atoms with van der Waals surface area (Å²) in [5.41, 5.74) is -1.23. The van der Waals surface area contributed by atoms with E-state index >= 15 is 0 Å². The fourth-order valence-electron chi connectivity index (χ4n) is 3.97. The lowest BCUT2D eigenvalue weighted by Crippen LogP contribution is -2.39. The van der Waals surface area contributed by atoms with Crippen molar-refractivity contribution in [3.05, 3.63) is 68.6 Å². The average Bonchev–Trinajstić information content (AvgIpc) is 3.07. The minimum atomic E-state index is -4.71. The van der Waals surface area contributed by atoms with Gasteiger partial charge in [0.15, 0.2) is 0 Å². The van der Waals surface area contributed by atoms with Crippen molar-refractivity contribution >= 4 is 46.0 Å². The molecule has 2 aromatic carbocycles. The second kappa shape index (κ2) is 9.75. The van der Waals surface area contributed by atoms with Gasteiger partial charge in [0.25, 0.3) is 5.91 Å². The maximum Gasteiger partial charge on any atom is 0.416 e. The summed E-state index contributed by atoms with van der Waals surface area (Å²) < 4.78 is 44.7. The molecule has 1 heterocycles. The van der Waals surface area contributed by atoms with Gasteiger partial charge in [-0.25, -0.2) is 0 Å². The number of thiocarbonyl (C=S) groups is 1. The third-order valence-electron chi connectivity index (χ3n) is 5.65. The molecule has 2 aromatic rings. The van der Waals surface area contributed by atoms with E-state index in [4.69, 9.17) is 17.0 Å². The number of hydrogen-bond donors (Lipinski definition) is 0. The Morgan fingerprint density at radius 3 is 2.41 bits per heavy atom. The molecule has 0 spiro atoms. The Morgan fingerprint density at radius 1 is 1.12 bits per heavy atom. The van der Waals surface area contributed by atoms with Gasteiger partial charge < -0.3 is 4.74 Å². The van der Waals surface area contributed by atoms with E-state index < -0.39 is 22.4 Å². The highest BCUT2D eigenvalue weighted by molar-refractivity contribution is 8.26. The maximum atomic E-state index is 12.9. The number of ether oxygens (including phenoxy) is 1. The van der Waals surface area contributed by atoms with Crippen LogP contribution in [0, 0.1) is 10.1 Å². The Bertz CT molecular complexity index is 1160. The predicted octanol–water partition coefficient (Wildman–Crippen LogP) is 6.94. The van der Waals surface area contributed by atoms with Crippen molar-refractivity contribution in [3.8, 4) is 11.5 Å². The van der Waals surface area contributed by atoms with Crippen molar-refractivity contribution in [2.24, 2.45) is 0 Å². The van der Waals surface area contributed by atoms with Crippen molar-refractivity contribution in [2.45, 2.75) is 44.3 Å². The molecule has 1 saturated carbocycles. The fourth-order valence-corrected chi connectivity index (χ4v) is 5.37. The van der Waals surface area contributed by atoms with Crippen LogP contribution >= 0.6 is 24.0 Å². The van der Waals surface area contributed by atoms with Gasteiger partial charge in [-0.05, 0) is 48.7 Å². The van der Waals surface area contributed by atoms with E-state index in [1.807, 2.05) is 0 Å². The molecule has 34 heavy (non-hydrogen) atoms. The van der Waals surface area contributed by atoms with E-state index in [2.05, 4.69) is 0 Å². The normalized spacial score (nSPS) is 18.6. The van der Waals surface area contributed by atoms with Crippen LogP contribution < -0.4 is 4.74 Å². The lowest BCUT2D eigenvalue weighted by molar-refractivity contribution is -0.385. The highest BCUT2D eigenvalue weighted by Crippen LogP contribution is 2.39. The summed E-state index contributed by atoms with van der Waals surface area (Å²) in [6, 6.07) is 8.58. The van der Waals surface area contributed by atoms with Gasteiger partial charge in [0.2, 0.25) is 5.75 Å². The lowest BCUT2D eigenvalue weighted by atomic mass is 9.94. The third kappa shape index (κ3) is 5.25. The van der Waals surface area contributed by atoms with Gasteiger partial charge in [0.1, 0.15) is 10.1 Å². The van der Waals surface area contributed by atoms with E-state index in [1.54, 1.807) is 23.1 Å². The summed E-state index contributed by atoms with van der Waals surface area (Å²) in [6.07, 6.45) is 2.24. The smallest absolute Gasteiger partial charge is 0.416 e. The number of thioether (sulfide) groups is 1. The minimum Gasteiger partial charge on any atom is -0.450 e. The lowest BCUT2D eigenvalue weighted by Gasteiger charge is -2.29. The monoisotopic (exact) mass is 508 g/mol. The van der Waals surface area contributed by atoms with Crippen LogP contribution in [-0.4, -0.2) is 26.1 Å². The van der Waals surface area contributed by atoms with Crippen molar-refractivity contribution in [2.75, 3.05) is 0 Å². The van der Waals surface area contributed by atoms with Crippen LogP contribution in [0.15, 0.2) is 47.4 Å². The van der Waals surface area contributed by atoms with Crippen LogP contribution in [-0.2, 0) is 11.0 Å². The third-order valence-corrected chi connectivity index (χ3v) is 6.98. The molecule has 6 nitrogen and oxygen atoms in total. The van der Waals surface area contributed by atoms with Crippen molar-refractivity contribution in [1.29, 1.82) is 0 Å². The van der Waals surface area contributed by atoms with Crippen LogP contribution in [0.1, 0.15) is 43.2 Å². The topological polar surface area (TPSA) is 72.7 Å². The second-order valence-electron chi connectivity index (χ2n) is 7.95. The zero-order valence-corrected chi connectivity index (χ0v) is 19.3. The summed E-state index contributed by atoms with van der Waals surface area (Å²) in [7, 11) is 0. The Labute approximate surface area is 202 Å². The first-order valence-corrected chi connectivity index (χ1v) is 11.8. The number of amides is 1. The number of halogens is 3. The van der Waals surface area contributed by atoms with Crippen LogP contribution in [0.3, 0.4) is 0 Å². The number of alkyl halides is 3. The standard InChI is InChI=1S/C23H19F3N2O4S2/c24-23(25,26)15-8-11-19(18(13-15)28(30)31)32-17-9-6-14(7-10-17)12-20-21(29)27(22(33)34-20)16-4-2-1-3-5-16/h6-13,16H,1-5H2/b20-12+. The van der Waals surface area contributed by atoms with E-state index in [1.165, 1.54) is 30.3 Å². The molecule has 2 aliphatic rings. The highest BCUT2D eigenvalue weighted by Gasteiger charge is 2.37. The molecule has 11 heteroatoms. The number of nitro groups is 1. The van der Waals surface area contributed by atoms with Gasteiger partial charge in [-0.3, -0.25) is 19.8 Å². The van der Waals surface area contributed by atoms with Crippen LogP contribution in [0.25, 0.3) is 6.08 Å². The number of rotatable bonds is 5. The summed E-state index contributed by atoms with van der Waals surface area (Å²) in [6.45, 7) is 0. The zero-order valence-electron chi connectivity index (χ0n) is 17.7. The van der Waals surface area contributed by atoms with Gasteiger partial charge in [0, 0.05) is 12.1 Å². The first-order chi connectivity index (χ1) is 16.1. The molecular weight excluding hydrogens is 489 g/mol. The summed E-state index contributed by atoms with van der Waals surface area (Å²) in [5.74, 6) is -0.212. The number of carbonyl (C=O) groups is 1. The largest absolute Gasteiger partial charge is 0.450 e. The number of carbonyl (C=O) groups excluding carboxylic acids is 1. The Morgan fingerprint density at radius 2 is 1.79 bits per heavy atom. The second-order valence-corrected chi connectivity index (χ2v) is 9.63. The summed E-state index contributed by atoms with van der Waals surface area (Å²) >= 11 is 6.69. The zero-order chi connectivity index (χ0) is 24.5. The van der Waals surface area contributed by atoms with E-state index in [0.717, 1.165) is 37.8 Å². The molecule has 0 aromatic heterocycles. The van der Waals surface area contributed by atoms with Crippen LogP contribution in [0.5, 0.6) is 11.5 Å². The Hall–Kier alpha value is -2.92. The van der Waals surface area contributed by atoms with Gasteiger partial charge in [-0.1, -0.05) is 55.4 Å². The Balaban J connectivity index is 1.50. The van der Waals surface area contributed by atoms with Gasteiger partial charge in [-0.2, -0.15) is 13.2 Å². The van der Waals surface area contributed by atoms with Crippen molar-refractivity contribution < 1.29 is 27.6 Å². The number of nitro benzene ring substituents is 1. The molecular formula is C23H19F3N2O4S2.